The van der Waals surface area contributed by atoms with Crippen LogP contribution in [0.15, 0.2) is 217 Å². The average molecular weight is 797 g/mol. The number of nitrogens with zero attached hydrogens (tertiary/aromatic N) is 2. The second-order valence-electron chi connectivity index (χ2n) is 17.1. The summed E-state index contributed by atoms with van der Waals surface area (Å²) in [5.74, 6) is 0.602. The number of imidazole rings is 1. The van der Waals surface area contributed by atoms with Crippen LogP contribution in [0.1, 0.15) is 26.3 Å². The van der Waals surface area contributed by atoms with Crippen molar-refractivity contribution in [3.63, 3.8) is 0 Å². The quantitative estimate of drug-likeness (QED) is 0.161. The van der Waals surface area contributed by atoms with Crippen LogP contribution in [0.2, 0.25) is 0 Å². The Balaban J connectivity index is 1.27. The molecule has 0 fully saturated rings. The molecule has 0 radical (unpaired) electrons. The molecule has 0 saturated heterocycles. The number of hydrogen-bond donors (Lipinski definition) is 0. The molecular weight excluding hydrogens is 753 g/mol. The maximum absolute atomic E-state index is 6.76. The second kappa shape index (κ2) is 15.1. The molecule has 0 unspecified atom stereocenters. The van der Waals surface area contributed by atoms with Crippen LogP contribution >= 0.6 is 0 Å². The average Bonchev–Trinajstić information content (AvgIpc) is 3.88. The van der Waals surface area contributed by atoms with Crippen molar-refractivity contribution < 1.29 is 4.42 Å². The van der Waals surface area contributed by atoms with Crippen LogP contribution in [0.3, 0.4) is 0 Å². The first-order valence-electron chi connectivity index (χ1n) is 21.4. The van der Waals surface area contributed by atoms with E-state index in [4.69, 9.17) is 9.40 Å². The van der Waals surface area contributed by atoms with Crippen molar-refractivity contribution in [2.75, 3.05) is 0 Å². The van der Waals surface area contributed by atoms with Gasteiger partial charge in [-0.15, -0.1) is 0 Å². The van der Waals surface area contributed by atoms with Crippen molar-refractivity contribution in [3.05, 3.63) is 218 Å². The van der Waals surface area contributed by atoms with E-state index in [0.29, 0.717) is 5.84 Å². The Morgan fingerprint density at radius 2 is 0.677 bits per heavy atom. The van der Waals surface area contributed by atoms with Crippen LogP contribution in [0.5, 0.6) is 0 Å². The van der Waals surface area contributed by atoms with Crippen LogP contribution in [0.4, 0.5) is 0 Å². The maximum Gasteiger partial charge on any atom is 0.307 e. The molecule has 0 N–H and O–H groups in total. The van der Waals surface area contributed by atoms with E-state index in [9.17, 15) is 0 Å². The summed E-state index contributed by atoms with van der Waals surface area (Å²) >= 11 is 0. The summed E-state index contributed by atoms with van der Waals surface area (Å²) in [4.78, 5) is 4.90. The van der Waals surface area contributed by atoms with Gasteiger partial charge in [0, 0.05) is 5.56 Å². The lowest BCUT2D eigenvalue weighted by Gasteiger charge is -2.29. The molecule has 9 aromatic carbocycles. The molecule has 3 heteroatoms. The van der Waals surface area contributed by atoms with Gasteiger partial charge in [-0.3, -0.25) is 4.40 Å². The van der Waals surface area contributed by atoms with E-state index in [1.165, 1.54) is 44.5 Å². The molecule has 11 rings (SSSR count). The SMILES string of the molecule is CC(C)(C)c1ccc2c(oc3nc4ccccc4n32)c1-c1ccc(-c2c(-c3ccccc3)c(-c3ccccc3)c(-c3ccccc3)c(-c3ccccc3)c2-c2ccccc2)cc1. The largest absolute Gasteiger partial charge is 0.422 e. The lowest BCUT2D eigenvalue weighted by molar-refractivity contribution is 0.589. The molecule has 2 heterocycles. The van der Waals surface area contributed by atoms with E-state index in [2.05, 4.69) is 225 Å². The summed E-state index contributed by atoms with van der Waals surface area (Å²) in [5, 5.41) is 0. The zero-order valence-electron chi connectivity index (χ0n) is 35.0. The fourth-order valence-corrected chi connectivity index (χ4v) is 9.47. The number of aromatic nitrogens is 2. The minimum atomic E-state index is -0.150. The van der Waals surface area contributed by atoms with Crippen molar-refractivity contribution in [1.29, 1.82) is 0 Å². The van der Waals surface area contributed by atoms with E-state index in [1.54, 1.807) is 0 Å². The van der Waals surface area contributed by atoms with Crippen LogP contribution < -0.4 is 0 Å². The molecule has 0 aliphatic heterocycles. The Hall–Kier alpha value is -7.75. The zero-order valence-corrected chi connectivity index (χ0v) is 35.0. The van der Waals surface area contributed by atoms with Crippen LogP contribution in [0.25, 0.3) is 106 Å². The Labute approximate surface area is 362 Å². The molecule has 11 aromatic rings. The summed E-state index contributed by atoms with van der Waals surface area (Å²) in [6, 6.07) is 76.6. The number of hydrogen-bond acceptors (Lipinski definition) is 2. The minimum absolute atomic E-state index is 0.150. The van der Waals surface area contributed by atoms with Gasteiger partial charge in [0.25, 0.3) is 0 Å². The smallest absolute Gasteiger partial charge is 0.307 e. The predicted octanol–water partition coefficient (Wildman–Crippen LogP) is 16.2. The van der Waals surface area contributed by atoms with Crippen molar-refractivity contribution in [2.24, 2.45) is 0 Å². The molecule has 296 valence electrons. The van der Waals surface area contributed by atoms with Crippen LogP contribution in [0, 0.1) is 0 Å². The highest BCUT2D eigenvalue weighted by Crippen LogP contribution is 2.56. The molecule has 0 saturated carbocycles. The molecule has 0 aliphatic carbocycles. The Bertz CT molecular complexity index is 3270. The van der Waals surface area contributed by atoms with Crippen molar-refractivity contribution in [2.45, 2.75) is 26.2 Å². The fourth-order valence-electron chi connectivity index (χ4n) is 9.47. The summed E-state index contributed by atoms with van der Waals surface area (Å²) < 4.78 is 8.91. The van der Waals surface area contributed by atoms with Crippen molar-refractivity contribution in [3.8, 4) is 77.9 Å². The Kier molecular flexibility index (Phi) is 9.05. The highest BCUT2D eigenvalue weighted by atomic mass is 16.4. The van der Waals surface area contributed by atoms with Gasteiger partial charge in [0.15, 0.2) is 5.58 Å². The van der Waals surface area contributed by atoms with Crippen LogP contribution in [-0.4, -0.2) is 9.38 Å². The van der Waals surface area contributed by atoms with Gasteiger partial charge in [0.05, 0.1) is 16.6 Å². The van der Waals surface area contributed by atoms with E-state index < -0.39 is 0 Å². The van der Waals surface area contributed by atoms with Crippen molar-refractivity contribution in [1.82, 2.24) is 9.38 Å². The predicted molar refractivity (Wildman–Crippen MR) is 259 cm³/mol. The topological polar surface area (TPSA) is 30.4 Å². The summed E-state index contributed by atoms with van der Waals surface area (Å²) in [6.07, 6.45) is 0. The van der Waals surface area contributed by atoms with Crippen molar-refractivity contribution >= 4 is 28.0 Å². The molecule has 0 bridgehead atoms. The van der Waals surface area contributed by atoms with Gasteiger partial charge in [-0.05, 0) is 102 Å². The highest BCUT2D eigenvalue weighted by Gasteiger charge is 2.30. The lowest BCUT2D eigenvalue weighted by atomic mass is 9.74. The molecule has 0 spiro atoms. The van der Waals surface area contributed by atoms with Crippen LogP contribution in [-0.2, 0) is 5.41 Å². The fraction of sp³-hybridized carbons (Fsp3) is 0.0678. The van der Waals surface area contributed by atoms with E-state index in [1.807, 2.05) is 12.1 Å². The first kappa shape index (κ1) is 37.3. The molecule has 0 amide bonds. The van der Waals surface area contributed by atoms with Gasteiger partial charge in [-0.1, -0.05) is 215 Å². The van der Waals surface area contributed by atoms with Gasteiger partial charge >= 0.3 is 5.84 Å². The summed E-state index contributed by atoms with van der Waals surface area (Å²) in [6.45, 7) is 6.83. The molecule has 0 atom stereocenters. The number of oxazole rings is 1. The molecule has 62 heavy (non-hydrogen) atoms. The third kappa shape index (κ3) is 6.24. The minimum Gasteiger partial charge on any atom is -0.422 e. The number of rotatable bonds is 7. The first-order chi connectivity index (χ1) is 30.4. The Morgan fingerprint density at radius 3 is 1.06 bits per heavy atom. The van der Waals surface area contributed by atoms with Gasteiger partial charge in [-0.2, -0.15) is 4.98 Å². The third-order valence-corrected chi connectivity index (χ3v) is 12.2. The maximum atomic E-state index is 6.76. The summed E-state index contributed by atoms with van der Waals surface area (Å²) in [5.41, 5.74) is 21.2. The van der Waals surface area contributed by atoms with E-state index in [0.717, 1.165) is 61.1 Å². The zero-order chi connectivity index (χ0) is 41.8. The van der Waals surface area contributed by atoms with Gasteiger partial charge in [-0.25, -0.2) is 0 Å². The molecule has 3 nitrogen and oxygen atoms in total. The molecule has 0 aliphatic rings. The second-order valence-corrected chi connectivity index (χ2v) is 17.1. The van der Waals surface area contributed by atoms with Gasteiger partial charge in [0.2, 0.25) is 0 Å². The van der Waals surface area contributed by atoms with Gasteiger partial charge < -0.3 is 4.42 Å². The highest BCUT2D eigenvalue weighted by molar-refractivity contribution is 6.15. The third-order valence-electron chi connectivity index (χ3n) is 12.2. The number of para-hydroxylation sites is 2. The number of benzene rings is 9. The first-order valence-corrected chi connectivity index (χ1v) is 21.4. The summed E-state index contributed by atoms with van der Waals surface area (Å²) in [7, 11) is 0. The monoisotopic (exact) mass is 796 g/mol. The molecular formula is C59H44N2O. The standard InChI is InChI=1S/C59H44N2O/c1-59(2,3)46-37-38-49-57(62-58-60-47-31-19-20-32-48(47)61(49)58)50(46)44-33-35-45(36-34-44)56-54(42-27-15-7-16-28-42)52(40-23-11-5-12-24-40)51(39-21-9-4-10-22-39)53(41-25-13-6-14-26-41)55(56)43-29-17-8-18-30-43/h4-38H,1-3H3. The lowest BCUT2D eigenvalue weighted by Crippen LogP contribution is -2.13. The Morgan fingerprint density at radius 1 is 0.339 bits per heavy atom. The number of fused-ring (bicyclic) bond motifs is 5. The van der Waals surface area contributed by atoms with E-state index >= 15 is 0 Å². The molecule has 2 aromatic heterocycles. The van der Waals surface area contributed by atoms with Gasteiger partial charge in [0.1, 0.15) is 0 Å². The van der Waals surface area contributed by atoms with E-state index in [-0.39, 0.29) is 5.41 Å². The normalized spacial score (nSPS) is 11.8.